The fourth-order valence-electron chi connectivity index (χ4n) is 1.63. The molecule has 0 spiro atoms. The number of aromatic nitrogens is 2. The van der Waals surface area contributed by atoms with E-state index in [-0.39, 0.29) is 17.0 Å². The second kappa shape index (κ2) is 7.07. The molecule has 0 aliphatic heterocycles. The zero-order valence-electron chi connectivity index (χ0n) is 11.9. The number of nitrogens with zero attached hydrogens (tertiary/aromatic N) is 2. The van der Waals surface area contributed by atoms with Crippen LogP contribution in [0.2, 0.25) is 0 Å². The molecule has 0 aliphatic carbocycles. The van der Waals surface area contributed by atoms with Crippen molar-refractivity contribution < 1.29 is 31.1 Å². The van der Waals surface area contributed by atoms with E-state index in [4.69, 9.17) is 5.73 Å². The van der Waals surface area contributed by atoms with Gasteiger partial charge in [0.2, 0.25) is 11.0 Å². The highest BCUT2D eigenvalue weighted by Crippen LogP contribution is 2.37. The summed E-state index contributed by atoms with van der Waals surface area (Å²) in [5.74, 6) is -1.09. The van der Waals surface area contributed by atoms with Crippen LogP contribution in [-0.4, -0.2) is 21.9 Å². The lowest BCUT2D eigenvalue weighted by Crippen LogP contribution is -2.17. The van der Waals surface area contributed by atoms with E-state index in [1.807, 2.05) is 5.32 Å². The Morgan fingerprint density at radius 1 is 1.08 bits per heavy atom. The summed E-state index contributed by atoms with van der Waals surface area (Å²) >= 11 is 1.89. The number of nitrogens with two attached hydrogens (primary N) is 1. The summed E-state index contributed by atoms with van der Waals surface area (Å²) in [6.45, 7) is 0. The number of thioether (sulfide) groups is 1. The van der Waals surface area contributed by atoms with E-state index in [0.717, 1.165) is 23.1 Å². The molecule has 0 unspecified atom stereocenters. The van der Waals surface area contributed by atoms with Crippen molar-refractivity contribution in [3.05, 3.63) is 29.3 Å². The number of hydrogen-bond donors (Lipinski definition) is 2. The molecule has 1 aromatic heterocycles. The van der Waals surface area contributed by atoms with Crippen LogP contribution in [0, 0.1) is 0 Å². The van der Waals surface area contributed by atoms with Crippen molar-refractivity contribution >= 4 is 39.8 Å². The van der Waals surface area contributed by atoms with Gasteiger partial charge in [-0.1, -0.05) is 23.1 Å². The number of anilines is 2. The molecule has 25 heavy (non-hydrogen) atoms. The molecule has 0 atom stereocenters. The molecular weight excluding hydrogens is 394 g/mol. The van der Waals surface area contributed by atoms with Crippen molar-refractivity contribution in [3.8, 4) is 0 Å². The monoisotopic (exact) mass is 402 g/mol. The number of rotatable bonds is 4. The maximum Gasteiger partial charge on any atom is 0.416 e. The molecule has 5 nitrogen and oxygen atoms in total. The normalized spacial score (nSPS) is 12.2. The Morgan fingerprint density at radius 2 is 1.64 bits per heavy atom. The first kappa shape index (κ1) is 19.3. The zero-order chi connectivity index (χ0) is 18.8. The van der Waals surface area contributed by atoms with Crippen LogP contribution in [0.15, 0.2) is 22.5 Å². The summed E-state index contributed by atoms with van der Waals surface area (Å²) < 4.78 is 76.8. The van der Waals surface area contributed by atoms with Gasteiger partial charge in [0.05, 0.1) is 16.9 Å². The number of benzene rings is 1. The van der Waals surface area contributed by atoms with Gasteiger partial charge in [-0.15, -0.1) is 10.2 Å². The number of hydrogen-bond acceptors (Lipinski definition) is 6. The number of nitrogen functional groups attached to an aromatic ring is 1. The van der Waals surface area contributed by atoms with E-state index in [9.17, 15) is 31.1 Å². The first-order valence-electron chi connectivity index (χ1n) is 6.26. The van der Waals surface area contributed by atoms with Crippen LogP contribution < -0.4 is 11.1 Å². The van der Waals surface area contributed by atoms with Gasteiger partial charge in [0.1, 0.15) is 0 Å². The topological polar surface area (TPSA) is 80.9 Å². The first-order chi connectivity index (χ1) is 11.4. The van der Waals surface area contributed by atoms with Gasteiger partial charge >= 0.3 is 12.4 Å². The van der Waals surface area contributed by atoms with E-state index >= 15 is 0 Å². The van der Waals surface area contributed by atoms with E-state index < -0.39 is 35.1 Å². The summed E-state index contributed by atoms with van der Waals surface area (Å²) in [6.07, 6.45) is -9.97. The maximum atomic E-state index is 12.7. The van der Waals surface area contributed by atoms with Crippen molar-refractivity contribution in [1.82, 2.24) is 10.2 Å². The zero-order valence-corrected chi connectivity index (χ0v) is 13.5. The fourth-order valence-corrected chi connectivity index (χ4v) is 3.07. The summed E-state index contributed by atoms with van der Waals surface area (Å²) in [5, 5.41) is 9.29. The Kier molecular flexibility index (Phi) is 5.46. The number of carbonyl (C=O) groups excluding carboxylic acids is 1. The van der Waals surface area contributed by atoms with Crippen molar-refractivity contribution in [2.75, 3.05) is 16.8 Å². The van der Waals surface area contributed by atoms with Crippen molar-refractivity contribution in [2.24, 2.45) is 0 Å². The third kappa shape index (κ3) is 5.49. The molecule has 2 aromatic rings. The van der Waals surface area contributed by atoms with Crippen LogP contribution in [0.1, 0.15) is 11.1 Å². The van der Waals surface area contributed by atoms with E-state index in [1.165, 1.54) is 0 Å². The minimum absolute atomic E-state index is 0.0194. The number of carbonyl (C=O) groups is 1. The molecule has 136 valence electrons. The van der Waals surface area contributed by atoms with Gasteiger partial charge < -0.3 is 11.1 Å². The second-order valence-electron chi connectivity index (χ2n) is 4.54. The fraction of sp³-hybridized carbons (Fsp3) is 0.250. The van der Waals surface area contributed by atoms with Gasteiger partial charge in [-0.3, -0.25) is 4.79 Å². The van der Waals surface area contributed by atoms with Crippen LogP contribution in [-0.2, 0) is 17.1 Å². The van der Waals surface area contributed by atoms with E-state index in [1.54, 1.807) is 0 Å². The van der Waals surface area contributed by atoms with Crippen LogP contribution in [0.25, 0.3) is 0 Å². The molecule has 0 saturated carbocycles. The minimum Gasteiger partial charge on any atom is -0.374 e. The van der Waals surface area contributed by atoms with Crippen LogP contribution in [0.5, 0.6) is 0 Å². The highest BCUT2D eigenvalue weighted by atomic mass is 32.2. The average Bonchev–Trinajstić information content (AvgIpc) is 2.89. The summed E-state index contributed by atoms with van der Waals surface area (Å²) in [5.41, 5.74) is 1.71. The third-order valence-corrected chi connectivity index (χ3v) is 4.51. The molecule has 0 radical (unpaired) electrons. The first-order valence-corrected chi connectivity index (χ1v) is 8.06. The van der Waals surface area contributed by atoms with Gasteiger partial charge in [0.15, 0.2) is 4.34 Å². The molecule has 13 heteroatoms. The van der Waals surface area contributed by atoms with Gasteiger partial charge in [0.25, 0.3) is 0 Å². The van der Waals surface area contributed by atoms with Crippen LogP contribution in [0.3, 0.4) is 0 Å². The molecule has 1 amide bonds. The predicted molar refractivity (Wildman–Crippen MR) is 80.1 cm³/mol. The van der Waals surface area contributed by atoms with Gasteiger partial charge in [-0.05, 0) is 18.2 Å². The van der Waals surface area contributed by atoms with Gasteiger partial charge in [0, 0.05) is 5.69 Å². The van der Waals surface area contributed by atoms with Crippen molar-refractivity contribution in [1.29, 1.82) is 0 Å². The quantitative estimate of drug-likeness (QED) is 0.599. The number of amides is 1. The molecule has 0 fully saturated rings. The third-order valence-electron chi connectivity index (χ3n) is 2.62. The largest absolute Gasteiger partial charge is 0.416 e. The van der Waals surface area contributed by atoms with Crippen molar-refractivity contribution in [2.45, 2.75) is 16.7 Å². The molecular formula is C12H8F6N4OS2. The molecule has 1 heterocycles. The molecule has 2 rings (SSSR count). The lowest BCUT2D eigenvalue weighted by molar-refractivity contribution is -0.143. The predicted octanol–water partition coefficient (Wildman–Crippen LogP) is 3.89. The van der Waals surface area contributed by atoms with Gasteiger partial charge in [-0.25, -0.2) is 0 Å². The number of alkyl halides is 6. The Balaban J connectivity index is 2.15. The average molecular weight is 402 g/mol. The highest BCUT2D eigenvalue weighted by molar-refractivity contribution is 8.01. The SMILES string of the molecule is Nc1nnc(SCC(=O)Nc2cc(C(F)(F)F)cc(C(F)(F)F)c2)s1. The highest BCUT2D eigenvalue weighted by Gasteiger charge is 2.37. The Labute approximate surface area is 144 Å². The summed E-state index contributed by atoms with van der Waals surface area (Å²) in [6, 6.07) is 0.843. The number of nitrogens with one attached hydrogen (secondary N) is 1. The minimum atomic E-state index is -4.99. The standard InChI is InChI=1S/C12H8F6N4OS2/c13-11(14,15)5-1-6(12(16,17)18)3-7(2-5)20-8(23)4-24-10-22-21-9(19)25-10/h1-3H,4H2,(H2,19,21)(H,20,23). The Morgan fingerprint density at radius 3 is 2.08 bits per heavy atom. The van der Waals surface area contributed by atoms with Crippen LogP contribution in [0.4, 0.5) is 37.2 Å². The maximum absolute atomic E-state index is 12.7. The molecule has 1 aromatic carbocycles. The molecule has 0 saturated heterocycles. The smallest absolute Gasteiger partial charge is 0.374 e. The van der Waals surface area contributed by atoms with E-state index in [0.29, 0.717) is 16.5 Å². The summed E-state index contributed by atoms with van der Waals surface area (Å²) in [4.78, 5) is 11.7. The van der Waals surface area contributed by atoms with Gasteiger partial charge in [-0.2, -0.15) is 26.3 Å². The summed E-state index contributed by atoms with van der Waals surface area (Å²) in [7, 11) is 0. The molecule has 0 aliphatic rings. The second-order valence-corrected chi connectivity index (χ2v) is 6.77. The molecule has 3 N–H and O–H groups in total. The lowest BCUT2D eigenvalue weighted by Gasteiger charge is -2.14. The Hall–Kier alpha value is -2.02. The Bertz CT molecular complexity index is 741. The lowest BCUT2D eigenvalue weighted by atomic mass is 10.1. The molecule has 0 bridgehead atoms. The van der Waals surface area contributed by atoms with Crippen LogP contribution >= 0.6 is 23.1 Å². The van der Waals surface area contributed by atoms with E-state index in [2.05, 4.69) is 10.2 Å². The number of halogens is 6. The van der Waals surface area contributed by atoms with Crippen molar-refractivity contribution in [3.63, 3.8) is 0 Å².